The maximum Gasteiger partial charge on any atom is 0.346 e. The van der Waals surface area contributed by atoms with Crippen molar-refractivity contribution in [3.05, 3.63) is 45.8 Å². The summed E-state index contributed by atoms with van der Waals surface area (Å²) in [4.78, 5) is 12.5. The van der Waals surface area contributed by atoms with Crippen LogP contribution in [0.3, 0.4) is 0 Å². The van der Waals surface area contributed by atoms with Gasteiger partial charge in [0, 0.05) is 26.1 Å². The third kappa shape index (κ3) is 4.55. The molecule has 9 nitrogen and oxygen atoms in total. The van der Waals surface area contributed by atoms with Gasteiger partial charge in [-0.3, -0.25) is 0 Å². The molecule has 3 aromatic rings. The van der Waals surface area contributed by atoms with E-state index in [1.807, 2.05) is 0 Å². The average molecular weight is 411 g/mol. The lowest BCUT2D eigenvalue weighted by molar-refractivity contribution is 0.0720. The molecule has 2 heterocycles. The van der Waals surface area contributed by atoms with E-state index in [2.05, 4.69) is 20.6 Å². The number of tetrazole rings is 1. The fourth-order valence-corrected chi connectivity index (χ4v) is 2.90. The predicted octanol–water partition coefficient (Wildman–Crippen LogP) is 2.71. The maximum absolute atomic E-state index is 12.5. The molecule has 0 saturated carbocycles. The van der Waals surface area contributed by atoms with Crippen molar-refractivity contribution in [1.29, 1.82) is 0 Å². The third-order valence-corrected chi connectivity index (χ3v) is 4.27. The topological polar surface area (TPSA) is 97.0 Å². The SMILES string of the molecule is Cc1cc(OC(=O)c2ccc(Cl)c(OCCCn3cnnn3)c2Cl)n(C)n1. The quantitative estimate of drug-likeness (QED) is 0.436. The van der Waals surface area contributed by atoms with Gasteiger partial charge >= 0.3 is 5.97 Å². The molecule has 1 aromatic carbocycles. The van der Waals surface area contributed by atoms with Crippen molar-refractivity contribution in [2.45, 2.75) is 19.9 Å². The minimum atomic E-state index is -0.627. The molecule has 3 rings (SSSR count). The van der Waals surface area contributed by atoms with Crippen LogP contribution in [0.2, 0.25) is 10.0 Å². The number of esters is 1. The first kappa shape index (κ1) is 19.1. The summed E-state index contributed by atoms with van der Waals surface area (Å²) in [6.45, 7) is 2.69. The minimum absolute atomic E-state index is 0.0915. The number of benzene rings is 1. The van der Waals surface area contributed by atoms with Crippen LogP contribution in [0, 0.1) is 6.92 Å². The first-order valence-corrected chi connectivity index (χ1v) is 8.75. The highest BCUT2D eigenvalue weighted by molar-refractivity contribution is 6.39. The molecule has 2 aromatic heterocycles. The van der Waals surface area contributed by atoms with Gasteiger partial charge in [0.25, 0.3) is 0 Å². The van der Waals surface area contributed by atoms with Gasteiger partial charge in [-0.1, -0.05) is 23.2 Å². The Morgan fingerprint density at radius 1 is 1.30 bits per heavy atom. The highest BCUT2D eigenvalue weighted by Gasteiger charge is 2.20. The third-order valence-electron chi connectivity index (χ3n) is 3.59. The number of rotatable bonds is 7. The van der Waals surface area contributed by atoms with Crippen molar-refractivity contribution in [2.24, 2.45) is 7.05 Å². The smallest absolute Gasteiger partial charge is 0.346 e. The van der Waals surface area contributed by atoms with Crippen molar-refractivity contribution < 1.29 is 14.3 Å². The lowest BCUT2D eigenvalue weighted by Crippen LogP contribution is -2.12. The molecule has 27 heavy (non-hydrogen) atoms. The first-order chi connectivity index (χ1) is 13.0. The van der Waals surface area contributed by atoms with Gasteiger partial charge in [-0.25, -0.2) is 14.2 Å². The van der Waals surface area contributed by atoms with Gasteiger partial charge in [0.05, 0.1) is 27.9 Å². The number of aromatic nitrogens is 6. The van der Waals surface area contributed by atoms with Crippen LogP contribution in [0.4, 0.5) is 0 Å². The van der Waals surface area contributed by atoms with E-state index in [4.69, 9.17) is 32.7 Å². The molecular formula is C16H16Cl2N6O3. The zero-order chi connectivity index (χ0) is 19.4. The Balaban J connectivity index is 1.68. The van der Waals surface area contributed by atoms with E-state index in [1.54, 1.807) is 24.7 Å². The summed E-state index contributed by atoms with van der Waals surface area (Å²) in [6.07, 6.45) is 2.14. The van der Waals surface area contributed by atoms with E-state index in [-0.39, 0.29) is 16.3 Å². The van der Waals surface area contributed by atoms with Crippen molar-refractivity contribution in [1.82, 2.24) is 30.0 Å². The van der Waals surface area contributed by atoms with E-state index in [9.17, 15) is 4.79 Å². The maximum atomic E-state index is 12.5. The molecule has 0 atom stereocenters. The molecule has 0 aliphatic heterocycles. The van der Waals surface area contributed by atoms with Gasteiger partial charge in [0.1, 0.15) is 6.33 Å². The molecule has 0 bridgehead atoms. The van der Waals surface area contributed by atoms with Crippen molar-refractivity contribution >= 4 is 29.2 Å². The summed E-state index contributed by atoms with van der Waals surface area (Å²) in [5, 5.41) is 15.4. The summed E-state index contributed by atoms with van der Waals surface area (Å²) in [5.74, 6) is -0.0867. The number of halogens is 2. The number of nitrogens with zero attached hydrogens (tertiary/aromatic N) is 6. The Labute approximate surface area is 164 Å². The Bertz CT molecular complexity index is 942. The van der Waals surface area contributed by atoms with E-state index >= 15 is 0 Å². The fraction of sp³-hybridized carbons (Fsp3) is 0.312. The van der Waals surface area contributed by atoms with Crippen molar-refractivity contribution in [3.8, 4) is 11.6 Å². The second kappa shape index (κ2) is 8.36. The van der Waals surface area contributed by atoms with E-state index in [0.717, 1.165) is 5.69 Å². The number of ether oxygens (including phenoxy) is 2. The molecule has 0 saturated heterocycles. The number of hydrogen-bond acceptors (Lipinski definition) is 7. The van der Waals surface area contributed by atoms with Crippen molar-refractivity contribution in [3.63, 3.8) is 0 Å². The Morgan fingerprint density at radius 3 is 2.78 bits per heavy atom. The number of carbonyl (C=O) groups is 1. The summed E-state index contributed by atoms with van der Waals surface area (Å²) < 4.78 is 14.1. The standard InChI is InChI=1S/C16H16Cl2N6O3/c1-10-8-13(23(2)20-10)27-16(25)11-4-5-12(17)15(14(11)18)26-7-3-6-24-9-19-21-22-24/h4-5,8-9H,3,6-7H2,1-2H3. The van der Waals surface area contributed by atoms with Gasteiger partial charge in [0.15, 0.2) is 5.75 Å². The van der Waals surface area contributed by atoms with E-state index in [0.29, 0.717) is 30.5 Å². The monoisotopic (exact) mass is 410 g/mol. The largest absolute Gasteiger partial charge is 0.490 e. The number of aryl methyl sites for hydroxylation is 3. The number of hydrogen-bond donors (Lipinski definition) is 0. The fourth-order valence-electron chi connectivity index (χ4n) is 2.34. The first-order valence-electron chi connectivity index (χ1n) is 8.00. The van der Waals surface area contributed by atoms with Crippen LogP contribution in [0.15, 0.2) is 24.5 Å². The van der Waals surface area contributed by atoms with Crippen LogP contribution in [-0.2, 0) is 13.6 Å². The second-order valence-electron chi connectivity index (χ2n) is 5.65. The molecule has 0 unspecified atom stereocenters. The van der Waals surface area contributed by atoms with Gasteiger partial charge in [-0.15, -0.1) is 5.10 Å². The van der Waals surface area contributed by atoms with Crippen LogP contribution in [0.5, 0.6) is 11.6 Å². The van der Waals surface area contributed by atoms with Crippen LogP contribution in [0.1, 0.15) is 22.5 Å². The molecule has 0 N–H and O–H groups in total. The lowest BCUT2D eigenvalue weighted by Gasteiger charge is -2.12. The summed E-state index contributed by atoms with van der Waals surface area (Å²) in [5.41, 5.74) is 0.879. The van der Waals surface area contributed by atoms with E-state index in [1.165, 1.54) is 23.1 Å². The highest BCUT2D eigenvalue weighted by Crippen LogP contribution is 2.36. The molecule has 11 heteroatoms. The van der Waals surface area contributed by atoms with Crippen LogP contribution in [-0.4, -0.2) is 42.6 Å². The Morgan fingerprint density at radius 2 is 2.11 bits per heavy atom. The average Bonchev–Trinajstić information content (AvgIpc) is 3.23. The normalized spacial score (nSPS) is 10.8. The molecular weight excluding hydrogens is 395 g/mol. The van der Waals surface area contributed by atoms with Gasteiger partial charge < -0.3 is 9.47 Å². The lowest BCUT2D eigenvalue weighted by atomic mass is 10.2. The summed E-state index contributed by atoms with van der Waals surface area (Å²) in [7, 11) is 1.68. The molecule has 0 spiro atoms. The van der Waals surface area contributed by atoms with E-state index < -0.39 is 5.97 Å². The van der Waals surface area contributed by atoms with Gasteiger partial charge in [0.2, 0.25) is 5.88 Å². The van der Waals surface area contributed by atoms with Gasteiger partial charge in [-0.05, 0) is 29.5 Å². The van der Waals surface area contributed by atoms with Gasteiger partial charge in [-0.2, -0.15) is 5.10 Å². The predicted molar refractivity (Wildman–Crippen MR) is 97.3 cm³/mol. The van der Waals surface area contributed by atoms with Crippen LogP contribution in [0.25, 0.3) is 0 Å². The minimum Gasteiger partial charge on any atom is -0.490 e. The molecule has 0 amide bonds. The van der Waals surface area contributed by atoms with Crippen molar-refractivity contribution in [2.75, 3.05) is 6.61 Å². The zero-order valence-corrected chi connectivity index (χ0v) is 16.1. The molecule has 0 fully saturated rings. The molecule has 0 radical (unpaired) electrons. The summed E-state index contributed by atoms with van der Waals surface area (Å²) >= 11 is 12.5. The summed E-state index contributed by atoms with van der Waals surface area (Å²) in [6, 6.07) is 4.68. The second-order valence-corrected chi connectivity index (χ2v) is 6.44. The number of carbonyl (C=O) groups excluding carboxylic acids is 1. The Hall–Kier alpha value is -2.65. The van der Waals surface area contributed by atoms with Crippen LogP contribution >= 0.6 is 23.2 Å². The van der Waals surface area contributed by atoms with Crippen LogP contribution < -0.4 is 9.47 Å². The molecule has 142 valence electrons. The molecule has 0 aliphatic carbocycles. The Kier molecular flexibility index (Phi) is 5.92. The molecule has 0 aliphatic rings. The zero-order valence-electron chi connectivity index (χ0n) is 14.6. The highest BCUT2D eigenvalue weighted by atomic mass is 35.5.